The van der Waals surface area contributed by atoms with Crippen molar-refractivity contribution in [3.05, 3.63) is 54.5 Å². The van der Waals surface area contributed by atoms with Crippen molar-refractivity contribution in [2.75, 3.05) is 36.4 Å². The molecular weight excluding hydrogens is 342 g/mol. The van der Waals surface area contributed by atoms with Gasteiger partial charge in [-0.2, -0.15) is 0 Å². The number of carbonyl (C=O) groups excluding carboxylic acids is 2. The number of amides is 2. The maximum atomic E-state index is 12.1. The summed E-state index contributed by atoms with van der Waals surface area (Å²) in [6.07, 6.45) is 4.63. The van der Waals surface area contributed by atoms with Crippen molar-refractivity contribution in [3.8, 4) is 0 Å². The normalized spacial score (nSPS) is 14.8. The molecule has 0 aliphatic carbocycles. The molecule has 0 unspecified atom stereocenters. The summed E-state index contributed by atoms with van der Waals surface area (Å²) >= 11 is 0. The molecule has 1 fully saturated rings. The summed E-state index contributed by atoms with van der Waals surface area (Å²) in [5.41, 5.74) is 1.83. The van der Waals surface area contributed by atoms with Gasteiger partial charge >= 0.3 is 0 Å². The van der Waals surface area contributed by atoms with Crippen molar-refractivity contribution in [1.82, 2.24) is 4.90 Å². The van der Waals surface area contributed by atoms with Gasteiger partial charge in [0.05, 0.1) is 6.26 Å². The number of hydrogen-bond acceptors (Lipinski definition) is 4. The van der Waals surface area contributed by atoms with Crippen LogP contribution in [0.2, 0.25) is 0 Å². The van der Waals surface area contributed by atoms with Gasteiger partial charge in [0.25, 0.3) is 0 Å². The molecule has 0 spiro atoms. The topological polar surface area (TPSA) is 65.8 Å². The molecule has 0 atom stereocenters. The molecule has 6 heteroatoms. The van der Waals surface area contributed by atoms with E-state index in [0.717, 1.165) is 37.6 Å². The van der Waals surface area contributed by atoms with Gasteiger partial charge in [-0.15, -0.1) is 0 Å². The van der Waals surface area contributed by atoms with E-state index in [9.17, 15) is 9.59 Å². The van der Waals surface area contributed by atoms with E-state index in [-0.39, 0.29) is 17.7 Å². The molecule has 1 aliphatic heterocycles. The maximum absolute atomic E-state index is 12.1. The van der Waals surface area contributed by atoms with Gasteiger partial charge in [-0.3, -0.25) is 9.59 Å². The van der Waals surface area contributed by atoms with Crippen LogP contribution in [0.4, 0.5) is 11.4 Å². The Labute approximate surface area is 159 Å². The lowest BCUT2D eigenvalue weighted by Crippen LogP contribution is -2.49. The fourth-order valence-electron chi connectivity index (χ4n) is 3.03. The highest BCUT2D eigenvalue weighted by atomic mass is 16.3. The quantitative estimate of drug-likeness (QED) is 0.824. The van der Waals surface area contributed by atoms with Crippen LogP contribution in [-0.2, 0) is 9.59 Å². The highest BCUT2D eigenvalue weighted by Crippen LogP contribution is 2.20. The first kappa shape index (κ1) is 18.8. The van der Waals surface area contributed by atoms with E-state index in [4.69, 9.17) is 4.42 Å². The van der Waals surface area contributed by atoms with Gasteiger partial charge in [0.2, 0.25) is 11.8 Å². The molecule has 0 radical (unpaired) electrons. The van der Waals surface area contributed by atoms with Gasteiger partial charge in [0, 0.05) is 49.5 Å². The zero-order valence-electron chi connectivity index (χ0n) is 15.7. The molecule has 0 bridgehead atoms. The number of rotatable bonds is 5. The third-order valence-electron chi connectivity index (χ3n) is 4.53. The van der Waals surface area contributed by atoms with E-state index in [2.05, 4.69) is 10.2 Å². The summed E-state index contributed by atoms with van der Waals surface area (Å²) in [5, 5.41) is 2.83. The van der Waals surface area contributed by atoms with Crippen molar-refractivity contribution in [2.45, 2.75) is 13.8 Å². The molecule has 1 saturated heterocycles. The lowest BCUT2D eigenvalue weighted by atomic mass is 10.1. The number of nitrogens with zero attached hydrogens (tertiary/aromatic N) is 2. The predicted molar refractivity (Wildman–Crippen MR) is 106 cm³/mol. The second-order valence-electron chi connectivity index (χ2n) is 6.85. The minimum absolute atomic E-state index is 0.0429. The molecule has 27 heavy (non-hydrogen) atoms. The van der Waals surface area contributed by atoms with Crippen molar-refractivity contribution >= 4 is 29.3 Å². The van der Waals surface area contributed by atoms with Crippen LogP contribution in [0, 0.1) is 5.92 Å². The minimum Gasteiger partial charge on any atom is -0.465 e. The summed E-state index contributed by atoms with van der Waals surface area (Å²) in [6.45, 7) is 6.99. The van der Waals surface area contributed by atoms with Crippen molar-refractivity contribution in [3.63, 3.8) is 0 Å². The van der Waals surface area contributed by atoms with Crippen molar-refractivity contribution in [2.24, 2.45) is 5.92 Å². The van der Waals surface area contributed by atoms with E-state index in [1.54, 1.807) is 24.5 Å². The monoisotopic (exact) mass is 367 g/mol. The zero-order chi connectivity index (χ0) is 19.2. The van der Waals surface area contributed by atoms with Crippen LogP contribution >= 0.6 is 0 Å². The fraction of sp³-hybridized carbons (Fsp3) is 0.333. The van der Waals surface area contributed by atoms with Crippen LogP contribution < -0.4 is 10.2 Å². The van der Waals surface area contributed by atoms with Gasteiger partial charge < -0.3 is 19.5 Å². The Hall–Kier alpha value is -3.02. The highest BCUT2D eigenvalue weighted by molar-refractivity contribution is 6.01. The number of piperazine rings is 1. The average Bonchev–Trinajstić information content (AvgIpc) is 3.20. The van der Waals surface area contributed by atoms with Gasteiger partial charge in [-0.1, -0.05) is 13.8 Å². The van der Waals surface area contributed by atoms with Crippen LogP contribution in [0.5, 0.6) is 0 Å². The largest absolute Gasteiger partial charge is 0.465 e. The molecule has 3 rings (SSSR count). The van der Waals surface area contributed by atoms with Gasteiger partial charge in [-0.25, -0.2) is 0 Å². The van der Waals surface area contributed by atoms with Crippen LogP contribution in [0.1, 0.15) is 19.6 Å². The molecule has 142 valence electrons. The second kappa shape index (κ2) is 8.58. The number of carbonyl (C=O) groups is 2. The van der Waals surface area contributed by atoms with Gasteiger partial charge in [0.15, 0.2) is 0 Å². The Bertz CT molecular complexity index is 787. The lowest BCUT2D eigenvalue weighted by Gasteiger charge is -2.37. The average molecular weight is 367 g/mol. The first-order valence-corrected chi connectivity index (χ1v) is 9.19. The molecule has 1 N–H and O–H groups in total. The summed E-state index contributed by atoms with van der Waals surface area (Å²) in [6, 6.07) is 11.3. The Kier molecular flexibility index (Phi) is 5.96. The lowest BCUT2D eigenvalue weighted by molar-refractivity contribution is -0.134. The smallest absolute Gasteiger partial charge is 0.248 e. The predicted octanol–water partition coefficient (Wildman–Crippen LogP) is 3.24. The summed E-state index contributed by atoms with van der Waals surface area (Å²) in [4.78, 5) is 28.2. The molecule has 6 nitrogen and oxygen atoms in total. The molecule has 2 amide bonds. The van der Waals surface area contributed by atoms with Crippen molar-refractivity contribution in [1.29, 1.82) is 0 Å². The van der Waals surface area contributed by atoms with E-state index in [0.29, 0.717) is 5.76 Å². The zero-order valence-corrected chi connectivity index (χ0v) is 15.7. The Morgan fingerprint density at radius 1 is 1.07 bits per heavy atom. The SMILES string of the molecule is CC(C)C(=O)N1CCN(c2ccc(NC(=O)/C=C/c3ccco3)cc2)CC1. The fourth-order valence-corrected chi connectivity index (χ4v) is 3.03. The maximum Gasteiger partial charge on any atom is 0.248 e. The third kappa shape index (κ3) is 5.00. The third-order valence-corrected chi connectivity index (χ3v) is 4.53. The first-order chi connectivity index (χ1) is 13.0. The number of anilines is 2. The van der Waals surface area contributed by atoms with Gasteiger partial charge in [-0.05, 0) is 42.5 Å². The van der Waals surface area contributed by atoms with Crippen LogP contribution in [0.3, 0.4) is 0 Å². The molecule has 0 saturated carbocycles. The van der Waals surface area contributed by atoms with E-state index in [1.165, 1.54) is 6.08 Å². The molecular formula is C21H25N3O3. The number of nitrogens with one attached hydrogen (secondary N) is 1. The second-order valence-corrected chi connectivity index (χ2v) is 6.85. The number of hydrogen-bond donors (Lipinski definition) is 1. The van der Waals surface area contributed by atoms with Crippen LogP contribution in [0.25, 0.3) is 6.08 Å². The standard InChI is InChI=1S/C21H25N3O3/c1-16(2)21(26)24-13-11-23(12-14-24)18-7-5-17(6-8-18)22-20(25)10-9-19-4-3-15-27-19/h3-10,15-16H,11-14H2,1-2H3,(H,22,25)/b10-9+. The summed E-state index contributed by atoms with van der Waals surface area (Å²) in [5.74, 6) is 0.687. The Balaban J connectivity index is 1.52. The van der Waals surface area contributed by atoms with E-state index in [1.807, 2.05) is 43.0 Å². The molecule has 2 aromatic rings. The van der Waals surface area contributed by atoms with Gasteiger partial charge in [0.1, 0.15) is 5.76 Å². The molecule has 1 aromatic heterocycles. The van der Waals surface area contributed by atoms with E-state index >= 15 is 0 Å². The highest BCUT2D eigenvalue weighted by Gasteiger charge is 2.22. The van der Waals surface area contributed by atoms with Crippen LogP contribution in [0.15, 0.2) is 53.2 Å². The van der Waals surface area contributed by atoms with Crippen molar-refractivity contribution < 1.29 is 14.0 Å². The number of furan rings is 1. The molecule has 2 heterocycles. The first-order valence-electron chi connectivity index (χ1n) is 9.19. The van der Waals surface area contributed by atoms with E-state index < -0.39 is 0 Å². The van der Waals surface area contributed by atoms with Crippen LogP contribution in [-0.4, -0.2) is 42.9 Å². The number of benzene rings is 1. The Morgan fingerprint density at radius 2 is 1.78 bits per heavy atom. The summed E-state index contributed by atoms with van der Waals surface area (Å²) < 4.78 is 5.16. The molecule has 1 aliphatic rings. The Morgan fingerprint density at radius 3 is 2.37 bits per heavy atom. The summed E-state index contributed by atoms with van der Waals surface area (Å²) in [7, 11) is 0. The minimum atomic E-state index is -0.208. The molecule has 1 aromatic carbocycles.